The first kappa shape index (κ1) is 11.6. The van der Waals surface area contributed by atoms with E-state index in [2.05, 4.69) is 19.9 Å². The van der Waals surface area contributed by atoms with E-state index in [1.54, 1.807) is 0 Å². The van der Waals surface area contributed by atoms with Crippen LogP contribution in [0.5, 0.6) is 0 Å². The normalized spacial score (nSPS) is 17.4. The largest absolute Gasteiger partial charge is 0.386 e. The molecule has 0 radical (unpaired) electrons. The van der Waals surface area contributed by atoms with Crippen molar-refractivity contribution >= 4 is 0 Å². The van der Waals surface area contributed by atoms with E-state index in [1.165, 1.54) is 24.0 Å². The smallest absolute Gasteiger partial charge is 0.102 e. The second-order valence-electron chi connectivity index (χ2n) is 4.84. The van der Waals surface area contributed by atoms with Gasteiger partial charge in [0.2, 0.25) is 0 Å². The zero-order chi connectivity index (χ0) is 11.5. The van der Waals surface area contributed by atoms with Crippen molar-refractivity contribution in [2.75, 3.05) is 13.2 Å². The van der Waals surface area contributed by atoms with Crippen molar-refractivity contribution in [1.29, 1.82) is 0 Å². The Balaban J connectivity index is 1.86. The highest BCUT2D eigenvalue weighted by Gasteiger charge is 2.21. The minimum atomic E-state index is -0.488. The summed E-state index contributed by atoms with van der Waals surface area (Å²) in [5.74, 6) is 0.756. The highest BCUT2D eigenvalue weighted by Crippen LogP contribution is 2.29. The fourth-order valence-electron chi connectivity index (χ4n) is 1.70. The molecule has 0 saturated heterocycles. The molecule has 88 valence electrons. The molecule has 2 nitrogen and oxygen atoms in total. The number of benzene rings is 1. The summed E-state index contributed by atoms with van der Waals surface area (Å²) in [6.07, 6.45) is 2.09. The standard InChI is InChI=1S/C14H20O2/c1-10-3-6-13(7-11(10)2)14(15)9-16-8-12-4-5-12/h3,6-7,12,14-15H,4-5,8-9H2,1-2H3. The lowest BCUT2D eigenvalue weighted by Crippen LogP contribution is -2.09. The van der Waals surface area contributed by atoms with Gasteiger partial charge in [-0.3, -0.25) is 0 Å². The maximum absolute atomic E-state index is 9.94. The van der Waals surface area contributed by atoms with Gasteiger partial charge in [0.05, 0.1) is 6.61 Å². The van der Waals surface area contributed by atoms with Gasteiger partial charge >= 0.3 is 0 Å². The summed E-state index contributed by atoms with van der Waals surface area (Å²) in [5.41, 5.74) is 3.44. The summed E-state index contributed by atoms with van der Waals surface area (Å²) >= 11 is 0. The first-order valence-corrected chi connectivity index (χ1v) is 6.00. The van der Waals surface area contributed by atoms with Crippen LogP contribution in [0.1, 0.15) is 35.6 Å². The molecule has 16 heavy (non-hydrogen) atoms. The summed E-state index contributed by atoms with van der Waals surface area (Å²) < 4.78 is 5.49. The summed E-state index contributed by atoms with van der Waals surface area (Å²) in [5, 5.41) is 9.94. The molecule has 1 aromatic rings. The molecule has 1 atom stereocenters. The van der Waals surface area contributed by atoms with E-state index in [0.29, 0.717) is 6.61 Å². The van der Waals surface area contributed by atoms with E-state index in [1.807, 2.05) is 12.1 Å². The van der Waals surface area contributed by atoms with Gasteiger partial charge in [-0.2, -0.15) is 0 Å². The molecule has 1 aromatic carbocycles. The average Bonchev–Trinajstić information content (AvgIpc) is 3.06. The summed E-state index contributed by atoms with van der Waals surface area (Å²) in [6.45, 7) is 5.37. The second kappa shape index (κ2) is 4.98. The molecule has 0 spiro atoms. The van der Waals surface area contributed by atoms with Crippen molar-refractivity contribution in [3.05, 3.63) is 34.9 Å². The third-order valence-electron chi connectivity index (χ3n) is 3.24. The van der Waals surface area contributed by atoms with Crippen molar-refractivity contribution in [3.63, 3.8) is 0 Å². The zero-order valence-electron chi connectivity index (χ0n) is 10.1. The van der Waals surface area contributed by atoms with Crippen LogP contribution in [-0.4, -0.2) is 18.3 Å². The van der Waals surface area contributed by atoms with Crippen LogP contribution >= 0.6 is 0 Å². The molecule has 0 amide bonds. The molecule has 1 fully saturated rings. The maximum atomic E-state index is 9.94. The van der Waals surface area contributed by atoms with Crippen molar-refractivity contribution in [1.82, 2.24) is 0 Å². The number of ether oxygens (including phenoxy) is 1. The fraction of sp³-hybridized carbons (Fsp3) is 0.571. The van der Waals surface area contributed by atoms with Gasteiger partial charge in [0.1, 0.15) is 6.10 Å². The highest BCUT2D eigenvalue weighted by molar-refractivity contribution is 5.31. The Kier molecular flexibility index (Phi) is 3.62. The minimum Gasteiger partial charge on any atom is -0.386 e. The molecule has 1 N–H and O–H groups in total. The van der Waals surface area contributed by atoms with Gasteiger partial charge in [-0.05, 0) is 49.3 Å². The van der Waals surface area contributed by atoms with E-state index in [-0.39, 0.29) is 0 Å². The van der Waals surface area contributed by atoms with Gasteiger partial charge in [0.25, 0.3) is 0 Å². The predicted octanol–water partition coefficient (Wildman–Crippen LogP) is 2.76. The highest BCUT2D eigenvalue weighted by atomic mass is 16.5. The number of hydrogen-bond donors (Lipinski definition) is 1. The molecular formula is C14H20O2. The molecule has 1 aliphatic carbocycles. The quantitative estimate of drug-likeness (QED) is 0.826. The Hall–Kier alpha value is -0.860. The van der Waals surface area contributed by atoms with Crippen molar-refractivity contribution in [2.45, 2.75) is 32.8 Å². The molecule has 2 heteroatoms. The van der Waals surface area contributed by atoms with Gasteiger partial charge in [-0.15, -0.1) is 0 Å². The van der Waals surface area contributed by atoms with Crippen LogP contribution in [-0.2, 0) is 4.74 Å². The lowest BCUT2D eigenvalue weighted by Gasteiger charge is -2.13. The lowest BCUT2D eigenvalue weighted by molar-refractivity contribution is 0.0315. The summed E-state index contributed by atoms with van der Waals surface area (Å²) in [4.78, 5) is 0. The van der Waals surface area contributed by atoms with E-state index < -0.39 is 6.10 Å². The van der Waals surface area contributed by atoms with Crippen LogP contribution in [0.4, 0.5) is 0 Å². The SMILES string of the molecule is Cc1ccc(C(O)COCC2CC2)cc1C. The van der Waals surface area contributed by atoms with Gasteiger partial charge in [0.15, 0.2) is 0 Å². The fourth-order valence-corrected chi connectivity index (χ4v) is 1.70. The first-order chi connectivity index (χ1) is 7.66. The molecule has 1 unspecified atom stereocenters. The number of aliphatic hydroxyl groups excluding tert-OH is 1. The van der Waals surface area contributed by atoms with Crippen LogP contribution in [0.3, 0.4) is 0 Å². The maximum Gasteiger partial charge on any atom is 0.102 e. The molecule has 0 aromatic heterocycles. The van der Waals surface area contributed by atoms with Crippen molar-refractivity contribution < 1.29 is 9.84 Å². The molecule has 2 rings (SSSR count). The van der Waals surface area contributed by atoms with Crippen LogP contribution < -0.4 is 0 Å². The predicted molar refractivity (Wildman–Crippen MR) is 64.4 cm³/mol. The molecule has 0 heterocycles. The first-order valence-electron chi connectivity index (χ1n) is 6.00. The van der Waals surface area contributed by atoms with Gasteiger partial charge < -0.3 is 9.84 Å². The van der Waals surface area contributed by atoms with Gasteiger partial charge in [-0.25, -0.2) is 0 Å². The summed E-state index contributed by atoms with van der Waals surface area (Å²) in [7, 11) is 0. The minimum absolute atomic E-state index is 0.416. The zero-order valence-corrected chi connectivity index (χ0v) is 10.1. The summed E-state index contributed by atoms with van der Waals surface area (Å²) in [6, 6.07) is 6.07. The van der Waals surface area contributed by atoms with E-state index >= 15 is 0 Å². The Labute approximate surface area is 97.3 Å². The third-order valence-corrected chi connectivity index (χ3v) is 3.24. The number of hydrogen-bond acceptors (Lipinski definition) is 2. The Bertz CT molecular complexity index is 356. The lowest BCUT2D eigenvalue weighted by atomic mass is 10.0. The average molecular weight is 220 g/mol. The molecule has 1 aliphatic rings. The van der Waals surface area contributed by atoms with Gasteiger partial charge in [0, 0.05) is 6.61 Å². The Morgan fingerprint density at radius 3 is 2.69 bits per heavy atom. The van der Waals surface area contributed by atoms with Crippen LogP contribution in [0.15, 0.2) is 18.2 Å². The topological polar surface area (TPSA) is 29.5 Å². The molecule has 0 aliphatic heterocycles. The number of aryl methyl sites for hydroxylation is 2. The van der Waals surface area contributed by atoms with Crippen molar-refractivity contribution in [2.24, 2.45) is 5.92 Å². The van der Waals surface area contributed by atoms with Gasteiger partial charge in [-0.1, -0.05) is 18.2 Å². The second-order valence-corrected chi connectivity index (χ2v) is 4.84. The van der Waals surface area contributed by atoms with Crippen LogP contribution in [0.2, 0.25) is 0 Å². The van der Waals surface area contributed by atoms with E-state index in [9.17, 15) is 5.11 Å². The molecule has 1 saturated carbocycles. The number of aliphatic hydroxyl groups is 1. The van der Waals surface area contributed by atoms with Crippen LogP contribution in [0.25, 0.3) is 0 Å². The van der Waals surface area contributed by atoms with Crippen LogP contribution in [0, 0.1) is 19.8 Å². The Morgan fingerprint density at radius 2 is 2.06 bits per heavy atom. The molecule has 0 bridgehead atoms. The van der Waals surface area contributed by atoms with Crippen molar-refractivity contribution in [3.8, 4) is 0 Å². The number of rotatable bonds is 5. The van der Waals surface area contributed by atoms with E-state index in [0.717, 1.165) is 18.1 Å². The molecular weight excluding hydrogens is 200 g/mol. The van der Waals surface area contributed by atoms with E-state index in [4.69, 9.17) is 4.74 Å². The Morgan fingerprint density at radius 1 is 1.31 bits per heavy atom. The monoisotopic (exact) mass is 220 g/mol. The third kappa shape index (κ3) is 3.06.